The molecule has 0 spiro atoms. The lowest BCUT2D eigenvalue weighted by molar-refractivity contribution is 0.0700. The number of nitrogens with zero attached hydrogens (tertiary/aromatic N) is 4. The van der Waals surface area contributed by atoms with Gasteiger partial charge in [0.05, 0.1) is 11.4 Å². The number of aromatic amines is 1. The van der Waals surface area contributed by atoms with Crippen molar-refractivity contribution in [1.82, 2.24) is 25.2 Å². The fourth-order valence-electron chi connectivity index (χ4n) is 3.48. The number of halogens is 1. The van der Waals surface area contributed by atoms with Gasteiger partial charge in [0.2, 0.25) is 0 Å². The minimum absolute atomic E-state index is 0.0289. The Morgan fingerprint density at radius 3 is 2.69 bits per heavy atom. The number of hydrogen-bond donors (Lipinski definition) is 3. The Balaban J connectivity index is 1.72. The fraction of sp³-hybridized carbons (Fsp3) is 0.556. The van der Waals surface area contributed by atoms with E-state index < -0.39 is 5.97 Å². The van der Waals surface area contributed by atoms with E-state index in [-0.39, 0.29) is 28.7 Å². The van der Waals surface area contributed by atoms with Crippen molar-refractivity contribution in [2.75, 3.05) is 32.1 Å². The van der Waals surface area contributed by atoms with Gasteiger partial charge in [-0.05, 0) is 33.9 Å². The molecule has 1 unspecified atom stereocenters. The molecule has 0 bridgehead atoms. The molecular formula is C18H25ClN6O3S. The first kappa shape index (κ1) is 21.5. The Morgan fingerprint density at radius 2 is 2.14 bits per heavy atom. The van der Waals surface area contributed by atoms with Gasteiger partial charge in [0, 0.05) is 25.2 Å². The molecule has 1 saturated heterocycles. The molecule has 2 aromatic heterocycles. The van der Waals surface area contributed by atoms with E-state index >= 15 is 0 Å². The average Bonchev–Trinajstić information content (AvgIpc) is 3.24. The van der Waals surface area contributed by atoms with Gasteiger partial charge in [-0.3, -0.25) is 4.79 Å². The van der Waals surface area contributed by atoms with E-state index in [9.17, 15) is 14.7 Å². The maximum atomic E-state index is 12.7. The number of hydrogen-bond acceptors (Lipinski definition) is 7. The van der Waals surface area contributed by atoms with Crippen molar-refractivity contribution in [1.29, 1.82) is 0 Å². The van der Waals surface area contributed by atoms with E-state index in [2.05, 4.69) is 30.1 Å². The molecule has 0 aromatic carbocycles. The van der Waals surface area contributed by atoms with Gasteiger partial charge in [0.15, 0.2) is 16.1 Å². The zero-order chi connectivity index (χ0) is 21.3. The summed E-state index contributed by atoms with van der Waals surface area (Å²) in [6.07, 6.45) is 1.37. The molecule has 2 atom stereocenters. The lowest BCUT2D eigenvalue weighted by Gasteiger charge is -2.41. The number of carbonyl (C=O) groups is 2. The molecule has 2 aromatic rings. The van der Waals surface area contributed by atoms with Gasteiger partial charge in [-0.25, -0.2) is 14.8 Å². The third-order valence-electron chi connectivity index (χ3n) is 5.11. The van der Waals surface area contributed by atoms with Crippen LogP contribution >= 0.6 is 22.9 Å². The molecule has 3 rings (SSSR count). The standard InChI is InChI=1S/C18H25ClN6O3S/c1-5-10-14(19)23-15(21-10)16(26)22-11-6-7-25(8-12(11)24(3)4)18-20-9(2)13(29-18)17(27)28/h11-12H,5-8H2,1-4H3,(H,21,23)(H,22,26)(H,27,28)/t11?,12-/m1/s1. The van der Waals surface area contributed by atoms with Crippen LogP contribution in [0.4, 0.5) is 5.13 Å². The van der Waals surface area contributed by atoms with Crippen LogP contribution in [0.3, 0.4) is 0 Å². The number of H-pyrrole nitrogens is 1. The van der Waals surface area contributed by atoms with Crippen molar-refractivity contribution < 1.29 is 14.7 Å². The highest BCUT2D eigenvalue weighted by atomic mass is 35.5. The molecule has 3 heterocycles. The number of aromatic carboxylic acids is 1. The van der Waals surface area contributed by atoms with Gasteiger partial charge in [0.1, 0.15) is 4.88 Å². The molecule has 3 N–H and O–H groups in total. The predicted molar refractivity (Wildman–Crippen MR) is 112 cm³/mol. The number of amides is 1. The first-order valence-corrected chi connectivity index (χ1v) is 10.6. The Labute approximate surface area is 178 Å². The van der Waals surface area contributed by atoms with E-state index in [4.69, 9.17) is 11.6 Å². The zero-order valence-electron chi connectivity index (χ0n) is 16.8. The third kappa shape index (κ3) is 4.54. The number of thiazole rings is 1. The molecular weight excluding hydrogens is 416 g/mol. The van der Waals surface area contributed by atoms with Gasteiger partial charge in [-0.15, -0.1) is 0 Å². The highest BCUT2D eigenvalue weighted by Gasteiger charge is 2.34. The van der Waals surface area contributed by atoms with Crippen LogP contribution in [0, 0.1) is 6.92 Å². The lowest BCUT2D eigenvalue weighted by atomic mass is 9.98. The second-order valence-corrected chi connectivity index (χ2v) is 8.61. The van der Waals surface area contributed by atoms with Crippen molar-refractivity contribution in [3.8, 4) is 0 Å². The van der Waals surface area contributed by atoms with Crippen LogP contribution in [-0.2, 0) is 6.42 Å². The average molecular weight is 441 g/mol. The zero-order valence-corrected chi connectivity index (χ0v) is 18.4. The second-order valence-electron chi connectivity index (χ2n) is 7.27. The molecule has 1 fully saturated rings. The van der Waals surface area contributed by atoms with Gasteiger partial charge < -0.3 is 25.2 Å². The highest BCUT2D eigenvalue weighted by molar-refractivity contribution is 7.17. The Hall–Kier alpha value is -2.17. The van der Waals surface area contributed by atoms with E-state index in [1.807, 2.05) is 21.0 Å². The molecule has 1 aliphatic heterocycles. The van der Waals surface area contributed by atoms with Crippen molar-refractivity contribution in [2.45, 2.75) is 38.8 Å². The summed E-state index contributed by atoms with van der Waals surface area (Å²) in [5, 5.41) is 13.4. The van der Waals surface area contributed by atoms with E-state index in [1.165, 1.54) is 11.3 Å². The highest BCUT2D eigenvalue weighted by Crippen LogP contribution is 2.29. The largest absolute Gasteiger partial charge is 0.477 e. The van der Waals surface area contributed by atoms with Gasteiger partial charge in [0.25, 0.3) is 5.91 Å². The second kappa shape index (κ2) is 8.68. The van der Waals surface area contributed by atoms with Crippen molar-refractivity contribution in [3.05, 3.63) is 27.2 Å². The number of carbonyl (C=O) groups excluding carboxylic acids is 1. The first-order chi connectivity index (χ1) is 13.7. The summed E-state index contributed by atoms with van der Waals surface area (Å²) in [7, 11) is 3.92. The summed E-state index contributed by atoms with van der Waals surface area (Å²) in [4.78, 5) is 39.9. The number of carboxylic acids is 1. The smallest absolute Gasteiger partial charge is 0.347 e. The minimum atomic E-state index is -0.957. The lowest BCUT2D eigenvalue weighted by Crippen LogP contribution is -2.59. The Bertz CT molecular complexity index is 912. The van der Waals surface area contributed by atoms with E-state index in [0.29, 0.717) is 41.9 Å². The third-order valence-corrected chi connectivity index (χ3v) is 6.63. The summed E-state index contributed by atoms with van der Waals surface area (Å²) in [6, 6.07) is -0.0519. The van der Waals surface area contributed by atoms with E-state index in [0.717, 1.165) is 5.69 Å². The summed E-state index contributed by atoms with van der Waals surface area (Å²) in [5.74, 6) is -1.02. The quantitative estimate of drug-likeness (QED) is 0.629. The maximum Gasteiger partial charge on any atom is 0.347 e. The number of rotatable bonds is 6. The van der Waals surface area contributed by atoms with Crippen LogP contribution in [0.2, 0.25) is 5.15 Å². The molecule has 0 aliphatic carbocycles. The summed E-state index contributed by atoms with van der Waals surface area (Å²) in [5.41, 5.74) is 1.26. The number of aryl methyl sites for hydroxylation is 2. The van der Waals surface area contributed by atoms with Crippen molar-refractivity contribution in [2.24, 2.45) is 0 Å². The Morgan fingerprint density at radius 1 is 1.41 bits per heavy atom. The topological polar surface area (TPSA) is 114 Å². The monoisotopic (exact) mass is 440 g/mol. The van der Waals surface area contributed by atoms with Gasteiger partial charge >= 0.3 is 5.97 Å². The van der Waals surface area contributed by atoms with Crippen LogP contribution in [0.25, 0.3) is 0 Å². The van der Waals surface area contributed by atoms with Gasteiger partial charge in [-0.1, -0.05) is 29.9 Å². The van der Waals surface area contributed by atoms with Crippen LogP contribution in [0.1, 0.15) is 45.0 Å². The number of nitrogens with one attached hydrogen (secondary N) is 2. The Kier molecular flexibility index (Phi) is 6.45. The molecule has 9 nitrogen and oxygen atoms in total. The molecule has 0 radical (unpaired) electrons. The normalized spacial score (nSPS) is 19.6. The van der Waals surface area contributed by atoms with Crippen LogP contribution in [-0.4, -0.2) is 76.1 Å². The molecule has 1 amide bonds. The van der Waals surface area contributed by atoms with Gasteiger partial charge in [-0.2, -0.15) is 0 Å². The molecule has 1 aliphatic rings. The fourth-order valence-corrected chi connectivity index (χ4v) is 4.69. The number of aromatic nitrogens is 3. The predicted octanol–water partition coefficient (Wildman–Crippen LogP) is 2.03. The van der Waals surface area contributed by atoms with Crippen LogP contribution < -0.4 is 10.2 Å². The number of anilines is 1. The van der Waals surface area contributed by atoms with Crippen molar-refractivity contribution in [3.63, 3.8) is 0 Å². The van der Waals surface area contributed by atoms with Crippen molar-refractivity contribution >= 4 is 39.9 Å². The number of piperidine rings is 1. The molecule has 0 saturated carbocycles. The molecule has 158 valence electrons. The van der Waals surface area contributed by atoms with Crippen LogP contribution in [0.15, 0.2) is 0 Å². The minimum Gasteiger partial charge on any atom is -0.477 e. The summed E-state index contributed by atoms with van der Waals surface area (Å²) in [6.45, 7) is 4.94. The summed E-state index contributed by atoms with van der Waals surface area (Å²) < 4.78 is 0. The number of likely N-dealkylation sites (N-methyl/N-ethyl adjacent to an activating group) is 1. The van der Waals surface area contributed by atoms with Crippen LogP contribution in [0.5, 0.6) is 0 Å². The number of carboxylic acid groups (broad SMARTS) is 1. The van der Waals surface area contributed by atoms with E-state index in [1.54, 1.807) is 6.92 Å². The maximum absolute atomic E-state index is 12.7. The SMILES string of the molecule is CCc1[nH]c(C(=O)NC2CCN(c3nc(C)c(C(=O)O)s3)C[C@H]2N(C)C)nc1Cl. The number of imidazole rings is 1. The first-order valence-electron chi connectivity index (χ1n) is 9.38. The molecule has 11 heteroatoms. The molecule has 29 heavy (non-hydrogen) atoms. The summed E-state index contributed by atoms with van der Waals surface area (Å²) >= 11 is 7.24.